The Morgan fingerprint density at radius 2 is 2.12 bits per heavy atom. The van der Waals surface area contributed by atoms with E-state index in [9.17, 15) is 4.79 Å². The van der Waals surface area contributed by atoms with Gasteiger partial charge in [0.05, 0.1) is 17.7 Å². The van der Waals surface area contributed by atoms with E-state index in [1.807, 2.05) is 37.4 Å². The van der Waals surface area contributed by atoms with E-state index in [0.717, 1.165) is 5.56 Å². The largest absolute Gasteiger partial charge is 0.495 e. The molecule has 3 heterocycles. The number of hydrogen-bond donors (Lipinski definition) is 2. The van der Waals surface area contributed by atoms with Crippen molar-refractivity contribution >= 4 is 23.2 Å². The highest BCUT2D eigenvalue weighted by molar-refractivity contribution is 6.35. The number of benzene rings is 2. The minimum atomic E-state index is -0.791. The lowest BCUT2D eigenvalue weighted by Crippen LogP contribution is -2.41. The van der Waals surface area contributed by atoms with Gasteiger partial charge in [0, 0.05) is 54.3 Å². The normalized spacial score (nSPS) is 16.9. The lowest BCUT2D eigenvalue weighted by molar-refractivity contribution is 0.0941. The zero-order valence-corrected chi connectivity index (χ0v) is 19.3. The van der Waals surface area contributed by atoms with Crippen LogP contribution in [0.25, 0.3) is 16.8 Å². The maximum absolute atomic E-state index is 15.9. The Balaban J connectivity index is 1.82. The third-order valence-corrected chi connectivity index (χ3v) is 6.56. The number of pyridine rings is 1. The molecule has 0 saturated heterocycles. The van der Waals surface area contributed by atoms with Crippen molar-refractivity contribution in [2.45, 2.75) is 12.0 Å². The monoisotopic (exact) mass is 480 g/mol. The summed E-state index contributed by atoms with van der Waals surface area (Å²) in [6.45, 7) is 0.482. The van der Waals surface area contributed by atoms with Crippen molar-refractivity contribution in [2.75, 3.05) is 20.7 Å². The first-order chi connectivity index (χ1) is 16.4. The number of imidazole rings is 1. The van der Waals surface area contributed by atoms with Gasteiger partial charge in [-0.1, -0.05) is 41.9 Å². The van der Waals surface area contributed by atoms with Gasteiger partial charge in [-0.3, -0.25) is 4.79 Å². The van der Waals surface area contributed by atoms with Gasteiger partial charge in [-0.25, -0.2) is 9.37 Å². The predicted octanol–water partition coefficient (Wildman–Crippen LogP) is 3.95. The van der Waals surface area contributed by atoms with E-state index in [1.54, 1.807) is 12.3 Å². The summed E-state index contributed by atoms with van der Waals surface area (Å²) in [6.07, 6.45) is 4.83. The van der Waals surface area contributed by atoms with Crippen LogP contribution in [0.15, 0.2) is 55.0 Å². The lowest BCUT2D eigenvalue weighted by Gasteiger charge is -2.29. The Kier molecular flexibility index (Phi) is 5.42. The molecular formula is C25H22ClFN4O3. The van der Waals surface area contributed by atoms with E-state index < -0.39 is 17.3 Å². The summed E-state index contributed by atoms with van der Waals surface area (Å²) in [5.41, 5.74) is 6.82. The molecule has 2 aromatic carbocycles. The Labute approximate surface area is 200 Å². The first-order valence-corrected chi connectivity index (χ1v) is 11.0. The molecule has 1 amide bonds. The van der Waals surface area contributed by atoms with Gasteiger partial charge in [0.2, 0.25) is 0 Å². The average Bonchev–Trinajstić information content (AvgIpc) is 3.45. The smallest absolute Gasteiger partial charge is 0.250 e. The van der Waals surface area contributed by atoms with E-state index in [4.69, 9.17) is 26.8 Å². The minimum absolute atomic E-state index is 0.0221. The third kappa shape index (κ3) is 3.29. The standard InChI is InChI=1S/C25H22ClFN4O3/c1-29-13-25(14-6-4-3-5-7-14)11-15-17(34-25)10-18(33-2)21(26)19(15)20-16(23(28)32)12-31-9-8-30-24(31)22(20)27/h3-10,12,29H,11,13H2,1-2H3,(H2,28,32)/t25-/m1/s1. The molecule has 0 aliphatic carbocycles. The van der Waals surface area contributed by atoms with Crippen LogP contribution < -0.4 is 20.5 Å². The van der Waals surface area contributed by atoms with Crippen LogP contribution in [0.4, 0.5) is 4.39 Å². The van der Waals surface area contributed by atoms with Crippen molar-refractivity contribution < 1.29 is 18.7 Å². The van der Waals surface area contributed by atoms with Crippen LogP contribution in [0, 0.1) is 5.82 Å². The number of methoxy groups -OCH3 is 1. The van der Waals surface area contributed by atoms with Gasteiger partial charge in [-0.2, -0.15) is 0 Å². The number of rotatable bonds is 6. The number of hydrogen-bond acceptors (Lipinski definition) is 5. The fourth-order valence-corrected chi connectivity index (χ4v) is 5.04. The number of nitrogens with two attached hydrogens (primary N) is 1. The second-order valence-corrected chi connectivity index (χ2v) is 8.55. The molecule has 0 unspecified atom stereocenters. The lowest BCUT2D eigenvalue weighted by atomic mass is 9.85. The van der Waals surface area contributed by atoms with Crippen molar-refractivity contribution in [3.8, 4) is 22.6 Å². The number of primary amides is 1. The average molecular weight is 481 g/mol. The number of aromatic nitrogens is 2. The summed E-state index contributed by atoms with van der Waals surface area (Å²) in [5, 5.41) is 3.36. The molecule has 1 aliphatic heterocycles. The van der Waals surface area contributed by atoms with Gasteiger partial charge >= 0.3 is 0 Å². The number of amides is 1. The molecule has 0 bridgehead atoms. The number of carbonyl (C=O) groups excluding carboxylic acids is 1. The maximum atomic E-state index is 15.9. The molecule has 0 saturated carbocycles. The van der Waals surface area contributed by atoms with Crippen LogP contribution in [0.2, 0.25) is 5.02 Å². The number of fused-ring (bicyclic) bond motifs is 2. The van der Waals surface area contributed by atoms with Crippen LogP contribution >= 0.6 is 11.6 Å². The number of nitrogens with zero attached hydrogens (tertiary/aromatic N) is 2. The molecule has 5 rings (SSSR count). The van der Waals surface area contributed by atoms with Crippen molar-refractivity contribution in [3.05, 3.63) is 82.5 Å². The van der Waals surface area contributed by atoms with Crippen LogP contribution in [-0.4, -0.2) is 36.0 Å². The Hall–Kier alpha value is -3.62. The second kappa shape index (κ2) is 8.30. The van der Waals surface area contributed by atoms with E-state index in [2.05, 4.69) is 10.3 Å². The SMILES string of the molecule is CNC[C@@]1(c2ccccc2)Cc2c(cc(OC)c(Cl)c2-c2c(C(N)=O)cn3ccnc3c2F)O1. The van der Waals surface area contributed by atoms with Crippen LogP contribution in [0.5, 0.6) is 11.5 Å². The maximum Gasteiger partial charge on any atom is 0.250 e. The number of carbonyl (C=O) groups is 1. The number of likely N-dealkylation sites (N-methyl/N-ethyl adjacent to an activating group) is 1. The summed E-state index contributed by atoms with van der Waals surface area (Å²) in [5.74, 6) is -0.708. The molecule has 1 aliphatic rings. The molecule has 1 atom stereocenters. The summed E-state index contributed by atoms with van der Waals surface area (Å²) in [6, 6.07) is 11.5. The molecule has 0 spiro atoms. The van der Waals surface area contributed by atoms with Gasteiger partial charge in [-0.15, -0.1) is 0 Å². The molecule has 7 nitrogen and oxygen atoms in total. The minimum Gasteiger partial charge on any atom is -0.495 e. The highest BCUT2D eigenvalue weighted by Crippen LogP contribution is 2.52. The van der Waals surface area contributed by atoms with E-state index in [1.165, 1.54) is 23.9 Å². The summed E-state index contributed by atoms with van der Waals surface area (Å²) >= 11 is 6.77. The molecule has 0 radical (unpaired) electrons. The van der Waals surface area contributed by atoms with Crippen LogP contribution in [0.1, 0.15) is 21.5 Å². The summed E-state index contributed by atoms with van der Waals surface area (Å²) in [4.78, 5) is 16.5. The topological polar surface area (TPSA) is 90.9 Å². The first-order valence-electron chi connectivity index (χ1n) is 10.6. The molecular weight excluding hydrogens is 459 g/mol. The Morgan fingerprint density at radius 1 is 1.35 bits per heavy atom. The molecule has 4 aromatic rings. The molecule has 9 heteroatoms. The quantitative estimate of drug-likeness (QED) is 0.436. The zero-order chi connectivity index (χ0) is 24.0. The number of halogens is 2. The van der Waals surface area contributed by atoms with E-state index >= 15 is 4.39 Å². The van der Waals surface area contributed by atoms with Crippen LogP contribution in [-0.2, 0) is 12.0 Å². The van der Waals surface area contributed by atoms with Gasteiger partial charge < -0.3 is 24.9 Å². The summed E-state index contributed by atoms with van der Waals surface area (Å²) < 4.78 is 29.4. The van der Waals surface area contributed by atoms with Gasteiger partial charge in [0.15, 0.2) is 17.1 Å². The molecule has 3 N–H and O–H groups in total. The van der Waals surface area contributed by atoms with Gasteiger partial charge in [-0.05, 0) is 12.6 Å². The van der Waals surface area contributed by atoms with Gasteiger partial charge in [0.1, 0.15) is 11.5 Å². The number of nitrogens with one attached hydrogen (secondary N) is 1. The highest BCUT2D eigenvalue weighted by Gasteiger charge is 2.43. The Bertz CT molecular complexity index is 1420. The summed E-state index contributed by atoms with van der Waals surface area (Å²) in [7, 11) is 3.30. The van der Waals surface area contributed by atoms with Crippen molar-refractivity contribution in [2.24, 2.45) is 5.73 Å². The first kappa shape index (κ1) is 22.2. The van der Waals surface area contributed by atoms with Crippen molar-refractivity contribution in [1.29, 1.82) is 0 Å². The predicted molar refractivity (Wildman–Crippen MR) is 127 cm³/mol. The zero-order valence-electron chi connectivity index (χ0n) is 18.6. The van der Waals surface area contributed by atoms with E-state index in [-0.39, 0.29) is 21.8 Å². The van der Waals surface area contributed by atoms with Gasteiger partial charge in [0.25, 0.3) is 5.91 Å². The van der Waals surface area contributed by atoms with Crippen LogP contribution in [0.3, 0.4) is 0 Å². The second-order valence-electron chi connectivity index (χ2n) is 8.17. The van der Waals surface area contributed by atoms with Crippen molar-refractivity contribution in [3.63, 3.8) is 0 Å². The molecule has 2 aromatic heterocycles. The molecule has 174 valence electrons. The molecule has 34 heavy (non-hydrogen) atoms. The fourth-order valence-electron chi connectivity index (χ4n) is 4.70. The Morgan fingerprint density at radius 3 is 2.79 bits per heavy atom. The van der Waals surface area contributed by atoms with E-state index in [0.29, 0.717) is 35.6 Å². The number of ether oxygens (including phenoxy) is 2. The molecule has 0 fully saturated rings. The third-order valence-electron chi connectivity index (χ3n) is 6.18. The fraction of sp³-hybridized carbons (Fsp3) is 0.200. The highest BCUT2D eigenvalue weighted by atomic mass is 35.5. The van der Waals surface area contributed by atoms with Crippen molar-refractivity contribution in [1.82, 2.24) is 14.7 Å².